The minimum atomic E-state index is 0.496. The normalized spacial score (nSPS) is 11.6. The van der Waals surface area contributed by atoms with Crippen molar-refractivity contribution in [2.24, 2.45) is 0 Å². The lowest BCUT2D eigenvalue weighted by molar-refractivity contribution is 0.510. The fraction of sp³-hybridized carbons (Fsp3) is 0.500. The molecule has 0 amide bonds. The highest BCUT2D eigenvalue weighted by molar-refractivity contribution is 5.84. The Hall–Kier alpha value is -1.28. The predicted molar refractivity (Wildman–Crippen MR) is 77.0 cm³/mol. The van der Waals surface area contributed by atoms with Crippen molar-refractivity contribution < 1.29 is 4.42 Å². The van der Waals surface area contributed by atoms with Gasteiger partial charge in [0.25, 0.3) is 0 Å². The molecule has 2 aromatic rings. The van der Waals surface area contributed by atoms with Crippen LogP contribution in [-0.4, -0.2) is 6.54 Å². The second-order valence-corrected chi connectivity index (χ2v) is 5.26. The van der Waals surface area contributed by atoms with Crippen molar-refractivity contribution in [3.8, 4) is 0 Å². The Kier molecular flexibility index (Phi) is 4.07. The van der Waals surface area contributed by atoms with Gasteiger partial charge in [0, 0.05) is 5.39 Å². The van der Waals surface area contributed by atoms with Gasteiger partial charge >= 0.3 is 0 Å². The van der Waals surface area contributed by atoms with E-state index in [1.54, 1.807) is 0 Å². The minimum Gasteiger partial charge on any atom is -0.459 e. The van der Waals surface area contributed by atoms with Gasteiger partial charge in [0.05, 0.1) is 6.54 Å². The molecule has 0 aliphatic carbocycles. The van der Waals surface area contributed by atoms with Gasteiger partial charge in [-0.3, -0.25) is 0 Å². The van der Waals surface area contributed by atoms with Gasteiger partial charge in [0.15, 0.2) is 0 Å². The van der Waals surface area contributed by atoms with Crippen LogP contribution in [0.3, 0.4) is 0 Å². The smallest absolute Gasteiger partial charge is 0.138 e. The Bertz CT molecular complexity index is 525. The Morgan fingerprint density at radius 1 is 1.28 bits per heavy atom. The fourth-order valence-electron chi connectivity index (χ4n) is 2.26. The molecule has 0 bridgehead atoms. The molecule has 0 fully saturated rings. The van der Waals surface area contributed by atoms with Gasteiger partial charge in [-0.25, -0.2) is 0 Å². The minimum absolute atomic E-state index is 0.496. The summed E-state index contributed by atoms with van der Waals surface area (Å²) in [5.74, 6) is 1.53. The van der Waals surface area contributed by atoms with Crippen LogP contribution in [0, 0.1) is 6.92 Å². The van der Waals surface area contributed by atoms with E-state index < -0.39 is 0 Å². The van der Waals surface area contributed by atoms with E-state index in [0.717, 1.165) is 30.9 Å². The molecule has 0 unspecified atom stereocenters. The number of rotatable bonds is 5. The van der Waals surface area contributed by atoms with Crippen LogP contribution in [0.25, 0.3) is 11.0 Å². The van der Waals surface area contributed by atoms with E-state index >= 15 is 0 Å². The number of hydrogen-bond acceptors (Lipinski definition) is 2. The monoisotopic (exact) mass is 245 g/mol. The number of aryl methyl sites for hydroxylation is 1. The van der Waals surface area contributed by atoms with E-state index in [0.29, 0.717) is 5.92 Å². The van der Waals surface area contributed by atoms with E-state index in [2.05, 4.69) is 51.2 Å². The molecule has 1 aromatic carbocycles. The number of furan rings is 1. The second-order valence-electron chi connectivity index (χ2n) is 5.26. The molecule has 1 N–H and O–H groups in total. The Morgan fingerprint density at radius 2 is 2.06 bits per heavy atom. The zero-order chi connectivity index (χ0) is 13.1. The summed E-state index contributed by atoms with van der Waals surface area (Å²) in [5.41, 5.74) is 3.66. The molecule has 1 aromatic heterocycles. The summed E-state index contributed by atoms with van der Waals surface area (Å²) in [5, 5.41) is 4.65. The average molecular weight is 245 g/mol. The van der Waals surface area contributed by atoms with Crippen molar-refractivity contribution in [2.75, 3.05) is 6.54 Å². The van der Waals surface area contributed by atoms with Crippen molar-refractivity contribution in [1.29, 1.82) is 0 Å². The summed E-state index contributed by atoms with van der Waals surface area (Å²) in [6, 6.07) is 6.56. The van der Waals surface area contributed by atoms with E-state index in [1.165, 1.54) is 16.5 Å². The number of benzene rings is 1. The molecule has 0 saturated heterocycles. The van der Waals surface area contributed by atoms with Crippen molar-refractivity contribution in [3.63, 3.8) is 0 Å². The second kappa shape index (κ2) is 5.57. The summed E-state index contributed by atoms with van der Waals surface area (Å²) in [7, 11) is 0. The van der Waals surface area contributed by atoms with Gasteiger partial charge in [-0.05, 0) is 43.0 Å². The highest BCUT2D eigenvalue weighted by Gasteiger charge is 2.12. The molecule has 0 radical (unpaired) electrons. The summed E-state index contributed by atoms with van der Waals surface area (Å²) in [6.07, 6.45) is 1.15. The van der Waals surface area contributed by atoms with Crippen LogP contribution in [0.2, 0.25) is 0 Å². The first-order chi connectivity index (χ1) is 8.63. The third-order valence-corrected chi connectivity index (χ3v) is 3.33. The zero-order valence-electron chi connectivity index (χ0n) is 11.8. The van der Waals surface area contributed by atoms with Crippen molar-refractivity contribution >= 4 is 11.0 Å². The first-order valence-electron chi connectivity index (χ1n) is 6.86. The molecule has 18 heavy (non-hydrogen) atoms. The van der Waals surface area contributed by atoms with Crippen LogP contribution in [0.15, 0.2) is 22.6 Å². The Labute approximate surface area is 109 Å². The Morgan fingerprint density at radius 3 is 2.72 bits per heavy atom. The number of nitrogens with one attached hydrogen (secondary N) is 1. The van der Waals surface area contributed by atoms with Crippen molar-refractivity contribution in [2.45, 2.75) is 46.6 Å². The molecule has 0 aliphatic rings. The molecule has 0 atom stereocenters. The third kappa shape index (κ3) is 2.59. The molecule has 0 spiro atoms. The van der Waals surface area contributed by atoms with E-state index in [4.69, 9.17) is 4.42 Å². The van der Waals surface area contributed by atoms with E-state index in [-0.39, 0.29) is 0 Å². The zero-order valence-corrected chi connectivity index (χ0v) is 11.8. The maximum Gasteiger partial charge on any atom is 0.138 e. The van der Waals surface area contributed by atoms with Gasteiger partial charge in [0.2, 0.25) is 0 Å². The van der Waals surface area contributed by atoms with Crippen LogP contribution in [0.4, 0.5) is 0 Å². The number of fused-ring (bicyclic) bond motifs is 1. The summed E-state index contributed by atoms with van der Waals surface area (Å²) in [6.45, 7) is 10.6. The fourth-order valence-corrected chi connectivity index (χ4v) is 2.26. The highest BCUT2D eigenvalue weighted by atomic mass is 16.3. The first-order valence-corrected chi connectivity index (χ1v) is 6.86. The van der Waals surface area contributed by atoms with E-state index in [9.17, 15) is 0 Å². The molecule has 2 rings (SSSR count). The summed E-state index contributed by atoms with van der Waals surface area (Å²) in [4.78, 5) is 0. The van der Waals surface area contributed by atoms with Gasteiger partial charge in [-0.15, -0.1) is 0 Å². The SMILES string of the molecule is CCCNCc1cc2c(C)ccc(C(C)C)c2o1. The van der Waals surface area contributed by atoms with Crippen LogP contribution in [0.1, 0.15) is 50.0 Å². The van der Waals surface area contributed by atoms with Crippen molar-refractivity contribution in [3.05, 3.63) is 35.1 Å². The van der Waals surface area contributed by atoms with Gasteiger partial charge in [-0.2, -0.15) is 0 Å². The third-order valence-electron chi connectivity index (χ3n) is 3.33. The molecular formula is C16H23NO. The maximum atomic E-state index is 6.03. The van der Waals surface area contributed by atoms with Crippen LogP contribution >= 0.6 is 0 Å². The number of hydrogen-bond donors (Lipinski definition) is 1. The molecule has 2 nitrogen and oxygen atoms in total. The molecule has 0 aliphatic heterocycles. The summed E-state index contributed by atoms with van der Waals surface area (Å²) < 4.78 is 6.03. The van der Waals surface area contributed by atoms with Gasteiger partial charge in [-0.1, -0.05) is 32.9 Å². The standard InChI is InChI=1S/C16H23NO/c1-5-8-17-10-13-9-15-12(4)6-7-14(11(2)3)16(15)18-13/h6-7,9,11,17H,5,8,10H2,1-4H3. The molecule has 2 heteroatoms. The first kappa shape index (κ1) is 13.2. The quantitative estimate of drug-likeness (QED) is 0.791. The molecule has 0 saturated carbocycles. The van der Waals surface area contributed by atoms with Crippen molar-refractivity contribution in [1.82, 2.24) is 5.32 Å². The topological polar surface area (TPSA) is 25.2 Å². The summed E-state index contributed by atoms with van der Waals surface area (Å²) >= 11 is 0. The van der Waals surface area contributed by atoms with Crippen LogP contribution < -0.4 is 5.32 Å². The van der Waals surface area contributed by atoms with E-state index in [1.807, 2.05) is 0 Å². The van der Waals surface area contributed by atoms with Crippen LogP contribution in [0.5, 0.6) is 0 Å². The Balaban J connectivity index is 2.36. The van der Waals surface area contributed by atoms with Crippen LogP contribution in [-0.2, 0) is 6.54 Å². The largest absolute Gasteiger partial charge is 0.459 e. The maximum absolute atomic E-state index is 6.03. The lowest BCUT2D eigenvalue weighted by atomic mass is 9.99. The molecule has 1 heterocycles. The lowest BCUT2D eigenvalue weighted by Gasteiger charge is -2.06. The van der Waals surface area contributed by atoms with Gasteiger partial charge < -0.3 is 9.73 Å². The predicted octanol–water partition coefficient (Wildman–Crippen LogP) is 4.36. The highest BCUT2D eigenvalue weighted by Crippen LogP contribution is 2.30. The van der Waals surface area contributed by atoms with Gasteiger partial charge in [0.1, 0.15) is 11.3 Å². The molecular weight excluding hydrogens is 222 g/mol. The average Bonchev–Trinajstić information content (AvgIpc) is 2.74. The molecule has 98 valence electrons. The lowest BCUT2D eigenvalue weighted by Crippen LogP contribution is -2.12.